The van der Waals surface area contributed by atoms with Crippen LogP contribution >= 0.6 is 11.6 Å². The topological polar surface area (TPSA) is 41.1 Å². The standard InChI is InChI=1S/C16H14ClFN2O/c17-12-7-10(5-6-13(12)18)9-19-16(21)15-8-11-3-1-2-4-14(11)20-15/h1-7,15,20H,8-9H2,(H,19,21). The predicted molar refractivity (Wildman–Crippen MR) is 80.8 cm³/mol. The third kappa shape index (κ3) is 3.00. The van der Waals surface area contributed by atoms with E-state index in [1.54, 1.807) is 6.07 Å². The second-order valence-corrected chi connectivity index (χ2v) is 5.43. The Morgan fingerprint density at radius 2 is 2.14 bits per heavy atom. The molecule has 0 radical (unpaired) electrons. The number of nitrogens with one attached hydrogen (secondary N) is 2. The molecule has 0 aromatic heterocycles. The Bertz CT molecular complexity index is 665. The second-order valence-electron chi connectivity index (χ2n) is 5.02. The first-order valence-electron chi connectivity index (χ1n) is 6.69. The van der Waals surface area contributed by atoms with E-state index in [1.807, 2.05) is 24.3 Å². The maximum Gasteiger partial charge on any atom is 0.243 e. The molecular formula is C16H14ClFN2O. The quantitative estimate of drug-likeness (QED) is 0.914. The largest absolute Gasteiger partial charge is 0.373 e. The van der Waals surface area contributed by atoms with Gasteiger partial charge >= 0.3 is 0 Å². The van der Waals surface area contributed by atoms with Gasteiger partial charge in [0.15, 0.2) is 0 Å². The van der Waals surface area contributed by atoms with Crippen molar-refractivity contribution in [2.24, 2.45) is 0 Å². The lowest BCUT2D eigenvalue weighted by Crippen LogP contribution is -2.38. The van der Waals surface area contributed by atoms with Crippen molar-refractivity contribution in [1.82, 2.24) is 5.32 Å². The van der Waals surface area contributed by atoms with Gasteiger partial charge in [0.05, 0.1) is 5.02 Å². The average Bonchev–Trinajstić information content (AvgIpc) is 2.92. The molecule has 0 bridgehead atoms. The molecule has 2 aromatic carbocycles. The highest BCUT2D eigenvalue weighted by Gasteiger charge is 2.25. The van der Waals surface area contributed by atoms with Crippen LogP contribution in [0.15, 0.2) is 42.5 Å². The van der Waals surface area contributed by atoms with E-state index in [1.165, 1.54) is 12.1 Å². The van der Waals surface area contributed by atoms with Gasteiger partial charge in [0.1, 0.15) is 11.9 Å². The molecule has 5 heteroatoms. The highest BCUT2D eigenvalue weighted by Crippen LogP contribution is 2.25. The Hall–Kier alpha value is -2.07. The molecule has 21 heavy (non-hydrogen) atoms. The van der Waals surface area contributed by atoms with Crippen LogP contribution in [0.25, 0.3) is 0 Å². The van der Waals surface area contributed by atoms with Gasteiger partial charge in [-0.3, -0.25) is 4.79 Å². The minimum absolute atomic E-state index is 0.0631. The number of hydrogen-bond acceptors (Lipinski definition) is 2. The van der Waals surface area contributed by atoms with Crippen LogP contribution in [-0.4, -0.2) is 11.9 Å². The van der Waals surface area contributed by atoms with Gasteiger partial charge in [0, 0.05) is 18.7 Å². The first-order valence-corrected chi connectivity index (χ1v) is 7.07. The lowest BCUT2D eigenvalue weighted by Gasteiger charge is -2.12. The zero-order chi connectivity index (χ0) is 14.8. The molecule has 1 atom stereocenters. The summed E-state index contributed by atoms with van der Waals surface area (Å²) in [7, 11) is 0. The summed E-state index contributed by atoms with van der Waals surface area (Å²) < 4.78 is 13.1. The fourth-order valence-electron chi connectivity index (χ4n) is 2.42. The van der Waals surface area contributed by atoms with Gasteiger partial charge in [-0.15, -0.1) is 0 Å². The lowest BCUT2D eigenvalue weighted by atomic mass is 10.1. The predicted octanol–water partition coefficient (Wildman–Crippen LogP) is 3.13. The molecule has 1 heterocycles. The summed E-state index contributed by atoms with van der Waals surface area (Å²) in [6, 6.07) is 12.0. The summed E-state index contributed by atoms with van der Waals surface area (Å²) in [5, 5.41) is 6.10. The summed E-state index contributed by atoms with van der Waals surface area (Å²) >= 11 is 5.72. The molecular weight excluding hydrogens is 291 g/mol. The highest BCUT2D eigenvalue weighted by molar-refractivity contribution is 6.30. The molecule has 0 aliphatic carbocycles. The average molecular weight is 305 g/mol. The monoisotopic (exact) mass is 304 g/mol. The summed E-state index contributed by atoms with van der Waals surface area (Å²) in [5.74, 6) is -0.536. The molecule has 1 unspecified atom stereocenters. The first kappa shape index (κ1) is 13.9. The zero-order valence-electron chi connectivity index (χ0n) is 11.2. The maximum atomic E-state index is 13.1. The number of amides is 1. The van der Waals surface area contributed by atoms with Crippen LogP contribution in [0, 0.1) is 5.82 Å². The molecule has 2 aromatic rings. The van der Waals surface area contributed by atoms with E-state index in [0.717, 1.165) is 16.8 Å². The highest BCUT2D eigenvalue weighted by atomic mass is 35.5. The Balaban J connectivity index is 1.59. The molecule has 1 amide bonds. The Kier molecular flexibility index (Phi) is 3.80. The molecule has 3 rings (SSSR count). The van der Waals surface area contributed by atoms with Crippen molar-refractivity contribution in [1.29, 1.82) is 0 Å². The van der Waals surface area contributed by atoms with Crippen molar-refractivity contribution in [2.75, 3.05) is 5.32 Å². The third-order valence-corrected chi connectivity index (χ3v) is 3.83. The van der Waals surface area contributed by atoms with Gasteiger partial charge in [-0.2, -0.15) is 0 Å². The van der Waals surface area contributed by atoms with Crippen LogP contribution in [0.4, 0.5) is 10.1 Å². The fraction of sp³-hybridized carbons (Fsp3) is 0.188. The minimum Gasteiger partial charge on any atom is -0.373 e. The minimum atomic E-state index is -0.459. The number of anilines is 1. The van der Waals surface area contributed by atoms with Crippen molar-refractivity contribution in [3.05, 3.63) is 64.4 Å². The number of rotatable bonds is 3. The molecule has 1 aliphatic heterocycles. The van der Waals surface area contributed by atoms with Gasteiger partial charge in [-0.05, 0) is 29.3 Å². The van der Waals surface area contributed by atoms with Crippen LogP contribution in [0.5, 0.6) is 0 Å². The van der Waals surface area contributed by atoms with Crippen LogP contribution in [0.2, 0.25) is 5.02 Å². The Morgan fingerprint density at radius 1 is 1.33 bits per heavy atom. The van der Waals surface area contributed by atoms with Gasteiger partial charge in [-0.25, -0.2) is 4.39 Å². The molecule has 0 fully saturated rings. The van der Waals surface area contributed by atoms with Crippen LogP contribution in [0.1, 0.15) is 11.1 Å². The molecule has 0 saturated carbocycles. The fourth-order valence-corrected chi connectivity index (χ4v) is 2.62. The van der Waals surface area contributed by atoms with Gasteiger partial charge in [0.25, 0.3) is 0 Å². The maximum absolute atomic E-state index is 13.1. The van der Waals surface area contributed by atoms with Gasteiger partial charge in [-0.1, -0.05) is 35.9 Å². The van der Waals surface area contributed by atoms with E-state index in [-0.39, 0.29) is 17.0 Å². The summed E-state index contributed by atoms with van der Waals surface area (Å²) in [6.07, 6.45) is 0.673. The zero-order valence-corrected chi connectivity index (χ0v) is 12.0. The van der Waals surface area contributed by atoms with E-state index in [0.29, 0.717) is 13.0 Å². The van der Waals surface area contributed by atoms with Crippen molar-refractivity contribution in [2.45, 2.75) is 19.0 Å². The molecule has 2 N–H and O–H groups in total. The summed E-state index contributed by atoms with van der Waals surface area (Å²) in [5.41, 5.74) is 2.91. The normalized spacial score (nSPS) is 16.2. The van der Waals surface area contributed by atoms with Crippen molar-refractivity contribution >= 4 is 23.2 Å². The number of carbonyl (C=O) groups excluding carboxylic acids is 1. The first-order chi connectivity index (χ1) is 10.1. The van der Waals surface area contributed by atoms with E-state index in [9.17, 15) is 9.18 Å². The van der Waals surface area contributed by atoms with Crippen molar-refractivity contribution < 1.29 is 9.18 Å². The second kappa shape index (κ2) is 5.74. The van der Waals surface area contributed by atoms with E-state index in [2.05, 4.69) is 10.6 Å². The van der Waals surface area contributed by atoms with Crippen LogP contribution in [-0.2, 0) is 17.8 Å². The number of halogens is 2. The summed E-state index contributed by atoms with van der Waals surface area (Å²) in [6.45, 7) is 0.327. The number of para-hydroxylation sites is 1. The number of hydrogen-bond donors (Lipinski definition) is 2. The SMILES string of the molecule is O=C(NCc1ccc(F)c(Cl)c1)C1Cc2ccccc2N1. The van der Waals surface area contributed by atoms with Crippen LogP contribution in [0.3, 0.4) is 0 Å². The number of benzene rings is 2. The van der Waals surface area contributed by atoms with E-state index >= 15 is 0 Å². The lowest BCUT2D eigenvalue weighted by molar-refractivity contribution is -0.121. The van der Waals surface area contributed by atoms with Crippen LogP contribution < -0.4 is 10.6 Å². The summed E-state index contributed by atoms with van der Waals surface area (Å²) in [4.78, 5) is 12.2. The molecule has 0 saturated heterocycles. The number of carbonyl (C=O) groups is 1. The van der Waals surface area contributed by atoms with Gasteiger partial charge < -0.3 is 10.6 Å². The van der Waals surface area contributed by atoms with Gasteiger partial charge in [0.2, 0.25) is 5.91 Å². The molecule has 3 nitrogen and oxygen atoms in total. The third-order valence-electron chi connectivity index (χ3n) is 3.54. The van der Waals surface area contributed by atoms with E-state index in [4.69, 9.17) is 11.6 Å². The van der Waals surface area contributed by atoms with Crippen molar-refractivity contribution in [3.8, 4) is 0 Å². The van der Waals surface area contributed by atoms with E-state index < -0.39 is 5.82 Å². The van der Waals surface area contributed by atoms with Crippen molar-refractivity contribution in [3.63, 3.8) is 0 Å². The molecule has 0 spiro atoms. The molecule has 1 aliphatic rings. The smallest absolute Gasteiger partial charge is 0.243 e. The molecule has 108 valence electrons. The number of fused-ring (bicyclic) bond motifs is 1. The Labute approximate surface area is 127 Å². The Morgan fingerprint density at radius 3 is 2.90 bits per heavy atom.